The molecule has 6 rings (SSSR count). The lowest BCUT2D eigenvalue weighted by Gasteiger charge is -2.28. The van der Waals surface area contributed by atoms with E-state index in [1.807, 2.05) is 24.5 Å². The Labute approximate surface area is 226 Å². The van der Waals surface area contributed by atoms with Crippen molar-refractivity contribution in [3.05, 3.63) is 71.3 Å². The van der Waals surface area contributed by atoms with Crippen molar-refractivity contribution in [2.75, 3.05) is 0 Å². The molecule has 3 aliphatic carbocycles. The van der Waals surface area contributed by atoms with Crippen LogP contribution in [0.15, 0.2) is 36.8 Å². The van der Waals surface area contributed by atoms with Crippen molar-refractivity contribution in [1.29, 1.82) is 0 Å². The average molecular weight is 509 g/mol. The van der Waals surface area contributed by atoms with E-state index in [1.165, 1.54) is 48.9 Å². The Morgan fingerprint density at radius 1 is 1.11 bits per heavy atom. The minimum atomic E-state index is -0.0723. The van der Waals surface area contributed by atoms with Gasteiger partial charge in [-0.3, -0.25) is 9.78 Å². The molecule has 0 aliphatic heterocycles. The van der Waals surface area contributed by atoms with Crippen molar-refractivity contribution in [3.8, 4) is 0 Å². The number of nitrogens with zero attached hydrogens (tertiary/aromatic N) is 2. The SMILES string of the molecule is N[C@H]1CC[C@H](NC(=O)CC(c2cn(CC3CCCCC3)c3c2CCC=C3)c2cncc3ccc#cc23)CC1. The number of carbonyl (C=O) groups is 1. The fourth-order valence-electron chi connectivity index (χ4n) is 7.02. The first kappa shape index (κ1) is 25.2. The lowest BCUT2D eigenvalue weighted by Crippen LogP contribution is -2.40. The third-order valence-electron chi connectivity index (χ3n) is 9.10. The van der Waals surface area contributed by atoms with Gasteiger partial charge in [-0.1, -0.05) is 37.5 Å². The monoisotopic (exact) mass is 508 g/mol. The number of fused-ring (bicyclic) bond motifs is 2. The van der Waals surface area contributed by atoms with Gasteiger partial charge in [-0.15, -0.1) is 0 Å². The standard InChI is InChI=1S/C33H40N4O/c34-25-14-16-26(17-15-25)36-33(38)18-29(30-20-35-19-24-10-4-5-11-27(24)30)31-22-37(21-23-8-2-1-3-9-23)32-13-7-6-12-28(31)32/h4,7,10,13,19-20,22-23,25-26,29H,1-3,6,8-9,12,14-18,21,34H2,(H,36,38)/t25-,26-,29?. The summed E-state index contributed by atoms with van der Waals surface area (Å²) in [5, 5.41) is 5.42. The Hall–Kier alpha value is -3.10. The summed E-state index contributed by atoms with van der Waals surface area (Å²) in [6.07, 6.45) is 23.9. The quantitative estimate of drug-likeness (QED) is 0.406. The number of hydrogen-bond acceptors (Lipinski definition) is 3. The van der Waals surface area contributed by atoms with Gasteiger partial charge in [-0.05, 0) is 92.2 Å². The molecule has 0 bridgehead atoms. The fourth-order valence-corrected chi connectivity index (χ4v) is 7.02. The van der Waals surface area contributed by atoms with Crippen LogP contribution in [-0.4, -0.2) is 27.5 Å². The minimum Gasteiger partial charge on any atom is -0.353 e. The summed E-state index contributed by atoms with van der Waals surface area (Å²) < 4.78 is 2.50. The summed E-state index contributed by atoms with van der Waals surface area (Å²) in [6.45, 7) is 1.07. The van der Waals surface area contributed by atoms with Crippen molar-refractivity contribution in [3.63, 3.8) is 0 Å². The molecule has 2 saturated carbocycles. The van der Waals surface area contributed by atoms with Crippen LogP contribution in [0.25, 0.3) is 16.8 Å². The van der Waals surface area contributed by atoms with Crippen LogP contribution in [0.4, 0.5) is 0 Å². The molecule has 198 valence electrons. The smallest absolute Gasteiger partial charge is 0.221 e. The second-order valence-electron chi connectivity index (χ2n) is 11.8. The molecular weight excluding hydrogens is 468 g/mol. The van der Waals surface area contributed by atoms with Gasteiger partial charge < -0.3 is 15.6 Å². The molecule has 1 unspecified atom stereocenters. The Kier molecular flexibility index (Phi) is 7.51. The average Bonchev–Trinajstić information content (AvgIpc) is 3.31. The molecule has 3 aliphatic rings. The summed E-state index contributed by atoms with van der Waals surface area (Å²) in [4.78, 5) is 18.2. The molecule has 3 aromatic rings. The van der Waals surface area contributed by atoms with Crippen molar-refractivity contribution >= 4 is 22.8 Å². The summed E-state index contributed by atoms with van der Waals surface area (Å²) in [7, 11) is 0. The number of pyridine rings is 1. The Morgan fingerprint density at radius 3 is 2.79 bits per heavy atom. The van der Waals surface area contributed by atoms with Gasteiger partial charge in [0, 0.05) is 66.0 Å². The molecule has 2 fully saturated rings. The largest absolute Gasteiger partial charge is 0.353 e. The van der Waals surface area contributed by atoms with Gasteiger partial charge in [0.15, 0.2) is 0 Å². The molecule has 5 heteroatoms. The van der Waals surface area contributed by atoms with Crippen molar-refractivity contribution < 1.29 is 4.79 Å². The van der Waals surface area contributed by atoms with Crippen LogP contribution in [-0.2, 0) is 17.8 Å². The summed E-state index contributed by atoms with van der Waals surface area (Å²) in [6, 6.07) is 10.9. The van der Waals surface area contributed by atoms with Gasteiger partial charge in [0.2, 0.25) is 5.91 Å². The van der Waals surface area contributed by atoms with E-state index in [4.69, 9.17) is 5.73 Å². The Morgan fingerprint density at radius 2 is 1.95 bits per heavy atom. The third-order valence-corrected chi connectivity index (χ3v) is 9.10. The molecule has 0 radical (unpaired) electrons. The van der Waals surface area contributed by atoms with E-state index in [0.717, 1.165) is 67.3 Å². The van der Waals surface area contributed by atoms with Crippen LogP contribution in [0.2, 0.25) is 0 Å². The number of hydrogen-bond donors (Lipinski definition) is 2. The van der Waals surface area contributed by atoms with Gasteiger partial charge in [-0.25, -0.2) is 0 Å². The van der Waals surface area contributed by atoms with Gasteiger partial charge in [0.05, 0.1) is 0 Å². The number of nitrogens with one attached hydrogen (secondary N) is 1. The Bertz CT molecular complexity index is 1290. The maximum Gasteiger partial charge on any atom is 0.221 e. The highest BCUT2D eigenvalue weighted by Gasteiger charge is 2.29. The third kappa shape index (κ3) is 5.38. The van der Waals surface area contributed by atoms with E-state index in [9.17, 15) is 4.79 Å². The Balaban J connectivity index is 1.36. The van der Waals surface area contributed by atoms with Crippen LogP contribution < -0.4 is 11.1 Å². The van der Waals surface area contributed by atoms with Crippen molar-refractivity contribution in [2.45, 2.75) is 102 Å². The zero-order valence-electron chi connectivity index (χ0n) is 22.4. The molecule has 2 aromatic heterocycles. The molecule has 2 heterocycles. The number of nitrogens with two attached hydrogens (primary N) is 1. The molecule has 5 nitrogen and oxygen atoms in total. The zero-order valence-corrected chi connectivity index (χ0v) is 22.4. The van der Waals surface area contributed by atoms with Crippen LogP contribution in [0.5, 0.6) is 0 Å². The molecule has 3 N–H and O–H groups in total. The van der Waals surface area contributed by atoms with E-state index in [0.29, 0.717) is 6.42 Å². The second kappa shape index (κ2) is 11.3. The highest BCUT2D eigenvalue weighted by atomic mass is 16.1. The lowest BCUT2D eigenvalue weighted by molar-refractivity contribution is -0.122. The van der Waals surface area contributed by atoms with E-state index >= 15 is 0 Å². The molecule has 0 spiro atoms. The van der Waals surface area contributed by atoms with Crippen molar-refractivity contribution in [1.82, 2.24) is 14.9 Å². The number of rotatable bonds is 7. The summed E-state index contributed by atoms with van der Waals surface area (Å²) in [5.41, 5.74) is 11.2. The number of aromatic nitrogens is 2. The molecule has 0 saturated heterocycles. The highest BCUT2D eigenvalue weighted by Crippen LogP contribution is 2.39. The maximum atomic E-state index is 13.6. The fraction of sp³-hybridized carbons (Fsp3) is 0.515. The van der Waals surface area contributed by atoms with E-state index in [1.54, 1.807) is 0 Å². The van der Waals surface area contributed by atoms with Crippen LogP contribution >= 0.6 is 0 Å². The van der Waals surface area contributed by atoms with Crippen LogP contribution in [0.1, 0.15) is 98.9 Å². The first-order valence-corrected chi connectivity index (χ1v) is 14.7. The van der Waals surface area contributed by atoms with Gasteiger partial charge in [0.1, 0.15) is 0 Å². The van der Waals surface area contributed by atoms with Crippen molar-refractivity contribution in [2.24, 2.45) is 11.7 Å². The topological polar surface area (TPSA) is 72.9 Å². The molecule has 38 heavy (non-hydrogen) atoms. The molecule has 1 amide bonds. The van der Waals surface area contributed by atoms with Gasteiger partial charge in [-0.2, -0.15) is 0 Å². The van der Waals surface area contributed by atoms with E-state index < -0.39 is 0 Å². The van der Waals surface area contributed by atoms with E-state index in [-0.39, 0.29) is 23.9 Å². The predicted octanol–water partition coefficient (Wildman–Crippen LogP) is 6.08. The molecule has 1 aromatic carbocycles. The maximum absolute atomic E-state index is 13.6. The zero-order chi connectivity index (χ0) is 25.9. The molecule has 1 atom stereocenters. The first-order valence-electron chi connectivity index (χ1n) is 14.7. The lowest BCUT2D eigenvalue weighted by atomic mass is 9.84. The summed E-state index contributed by atoms with van der Waals surface area (Å²) >= 11 is 0. The molecular formula is C33H40N4O. The minimum absolute atomic E-state index is 0.0723. The van der Waals surface area contributed by atoms with Crippen LogP contribution in [0.3, 0.4) is 0 Å². The normalized spacial score (nSPS) is 22.6. The predicted molar refractivity (Wildman–Crippen MR) is 153 cm³/mol. The van der Waals surface area contributed by atoms with Gasteiger partial charge in [0.25, 0.3) is 0 Å². The second-order valence-corrected chi connectivity index (χ2v) is 11.8. The number of allylic oxidation sites excluding steroid dienone is 1. The summed E-state index contributed by atoms with van der Waals surface area (Å²) in [5.74, 6) is 0.787. The first-order chi connectivity index (χ1) is 18.7. The highest BCUT2D eigenvalue weighted by molar-refractivity contribution is 5.86. The van der Waals surface area contributed by atoms with E-state index in [2.05, 4.69) is 45.3 Å². The number of carbonyl (C=O) groups excluding carboxylic acids is 1. The van der Waals surface area contributed by atoms with Crippen LogP contribution in [0, 0.1) is 18.1 Å². The van der Waals surface area contributed by atoms with Gasteiger partial charge >= 0.3 is 0 Å². The number of amides is 1.